The fourth-order valence-corrected chi connectivity index (χ4v) is 4.05. The van der Waals surface area contributed by atoms with E-state index in [0.717, 1.165) is 16.7 Å². The van der Waals surface area contributed by atoms with Gasteiger partial charge in [0.25, 0.3) is 5.56 Å². The van der Waals surface area contributed by atoms with Crippen LogP contribution in [0.25, 0.3) is 22.3 Å². The summed E-state index contributed by atoms with van der Waals surface area (Å²) in [4.78, 5) is 30.8. The number of aromatic nitrogens is 2. The first-order chi connectivity index (χ1) is 18.9. The Morgan fingerprint density at radius 2 is 1.59 bits per heavy atom. The van der Waals surface area contributed by atoms with Crippen LogP contribution < -0.4 is 15.0 Å². The van der Waals surface area contributed by atoms with Gasteiger partial charge < -0.3 is 9.47 Å². The molecule has 194 valence electrons. The summed E-state index contributed by atoms with van der Waals surface area (Å²) in [7, 11) is 0. The van der Waals surface area contributed by atoms with Crippen molar-refractivity contribution < 1.29 is 14.3 Å². The molecule has 0 bridgehead atoms. The molecule has 1 heterocycles. The summed E-state index contributed by atoms with van der Waals surface area (Å²) in [5.74, 6) is 0.645. The van der Waals surface area contributed by atoms with Gasteiger partial charge in [0.2, 0.25) is 0 Å². The van der Waals surface area contributed by atoms with Crippen molar-refractivity contribution in [1.29, 1.82) is 0 Å². The van der Waals surface area contributed by atoms with Crippen LogP contribution in [0.2, 0.25) is 0 Å². The molecule has 0 saturated carbocycles. The Morgan fingerprint density at radius 1 is 0.897 bits per heavy atom. The van der Waals surface area contributed by atoms with Crippen molar-refractivity contribution in [2.75, 3.05) is 6.61 Å². The largest absolute Gasteiger partial charge is 0.490 e. The van der Waals surface area contributed by atoms with Gasteiger partial charge in [-0.25, -0.2) is 9.78 Å². The first-order valence-corrected chi connectivity index (χ1v) is 12.6. The van der Waals surface area contributed by atoms with Gasteiger partial charge in [-0.1, -0.05) is 59.7 Å². The van der Waals surface area contributed by atoms with E-state index in [2.05, 4.69) is 5.10 Å². The highest BCUT2D eigenvalue weighted by molar-refractivity contribution is 5.91. The van der Waals surface area contributed by atoms with Gasteiger partial charge in [0.05, 0.1) is 29.3 Å². The van der Waals surface area contributed by atoms with Gasteiger partial charge in [-0.3, -0.25) is 4.79 Å². The van der Waals surface area contributed by atoms with Crippen molar-refractivity contribution in [3.63, 3.8) is 0 Å². The fraction of sp³-hybridized carbons (Fsp3) is 0.125. The highest BCUT2D eigenvalue weighted by atomic mass is 16.6. The summed E-state index contributed by atoms with van der Waals surface area (Å²) in [5.41, 5.74) is 4.35. The second-order valence-corrected chi connectivity index (χ2v) is 9.07. The molecule has 0 saturated heterocycles. The first-order valence-electron chi connectivity index (χ1n) is 12.6. The molecule has 0 radical (unpaired) electrons. The predicted molar refractivity (Wildman–Crippen MR) is 153 cm³/mol. The number of fused-ring (bicyclic) bond motifs is 1. The molecular weight excluding hydrogens is 490 g/mol. The molecular formula is C32H27N3O4. The van der Waals surface area contributed by atoms with E-state index in [9.17, 15) is 9.59 Å². The summed E-state index contributed by atoms with van der Waals surface area (Å²) < 4.78 is 12.7. The predicted octanol–water partition coefficient (Wildman–Crippen LogP) is 6.18. The van der Waals surface area contributed by atoms with Crippen molar-refractivity contribution >= 4 is 23.1 Å². The number of carbonyl (C=O) groups excluding carboxylic acids is 1. The van der Waals surface area contributed by atoms with Crippen LogP contribution in [0.1, 0.15) is 34.0 Å². The van der Waals surface area contributed by atoms with Gasteiger partial charge in [0.1, 0.15) is 0 Å². The molecule has 1 aromatic heterocycles. The minimum atomic E-state index is -0.478. The lowest BCUT2D eigenvalue weighted by Crippen LogP contribution is -2.20. The Morgan fingerprint density at radius 3 is 2.31 bits per heavy atom. The number of aryl methyl sites for hydroxylation is 2. The van der Waals surface area contributed by atoms with Crippen LogP contribution in [-0.2, 0) is 0 Å². The maximum absolute atomic E-state index is 13.4. The monoisotopic (exact) mass is 517 g/mol. The van der Waals surface area contributed by atoms with Crippen LogP contribution in [0.4, 0.5) is 0 Å². The molecule has 0 unspecified atom stereocenters. The summed E-state index contributed by atoms with van der Waals surface area (Å²) >= 11 is 0. The standard InChI is InChI=1S/C32H27N3O4/c1-4-38-29-19-23(13-18-28(29)39-32(37)25-16-11-22(3)12-17-25)20-33-35-30(24-14-9-21(2)10-15-24)34-27-8-6-5-7-26(27)31(35)36/h5-20H,4H2,1-3H3. The number of hydrogen-bond acceptors (Lipinski definition) is 6. The van der Waals surface area contributed by atoms with Crippen LogP contribution in [0.5, 0.6) is 11.5 Å². The van der Waals surface area contributed by atoms with E-state index >= 15 is 0 Å². The Balaban J connectivity index is 1.51. The molecule has 0 atom stereocenters. The highest BCUT2D eigenvalue weighted by Gasteiger charge is 2.15. The van der Waals surface area contributed by atoms with E-state index in [-0.39, 0.29) is 5.56 Å². The van der Waals surface area contributed by atoms with Crippen molar-refractivity contribution in [3.05, 3.63) is 124 Å². The summed E-state index contributed by atoms with van der Waals surface area (Å²) in [6.07, 6.45) is 1.56. The second-order valence-electron chi connectivity index (χ2n) is 9.07. The molecule has 0 aliphatic rings. The third kappa shape index (κ3) is 5.62. The van der Waals surface area contributed by atoms with E-state index in [4.69, 9.17) is 14.5 Å². The van der Waals surface area contributed by atoms with Crippen molar-refractivity contribution in [3.8, 4) is 22.9 Å². The second kappa shape index (κ2) is 11.1. The zero-order chi connectivity index (χ0) is 27.4. The minimum absolute atomic E-state index is 0.277. The van der Waals surface area contributed by atoms with Gasteiger partial charge in [0.15, 0.2) is 17.3 Å². The van der Waals surface area contributed by atoms with E-state index < -0.39 is 5.97 Å². The maximum atomic E-state index is 13.4. The van der Waals surface area contributed by atoms with E-state index in [1.165, 1.54) is 4.68 Å². The third-order valence-corrected chi connectivity index (χ3v) is 6.14. The van der Waals surface area contributed by atoms with E-state index in [1.54, 1.807) is 48.7 Å². The lowest BCUT2D eigenvalue weighted by atomic mass is 10.1. The van der Waals surface area contributed by atoms with Crippen LogP contribution in [0, 0.1) is 13.8 Å². The van der Waals surface area contributed by atoms with Gasteiger partial charge in [-0.2, -0.15) is 9.78 Å². The molecule has 7 heteroatoms. The molecule has 0 aliphatic heterocycles. The molecule has 0 spiro atoms. The quantitative estimate of drug-likeness (QED) is 0.146. The van der Waals surface area contributed by atoms with Gasteiger partial charge in [0, 0.05) is 5.56 Å². The Kier molecular flexibility index (Phi) is 7.32. The van der Waals surface area contributed by atoms with Gasteiger partial charge in [-0.05, 0) is 68.8 Å². The van der Waals surface area contributed by atoms with Crippen LogP contribution >= 0.6 is 0 Å². The molecule has 7 nitrogen and oxygen atoms in total. The van der Waals surface area contributed by atoms with Crippen molar-refractivity contribution in [2.45, 2.75) is 20.8 Å². The normalized spacial score (nSPS) is 11.2. The summed E-state index contributed by atoms with van der Waals surface area (Å²) in [5, 5.41) is 5.00. The van der Waals surface area contributed by atoms with Crippen molar-refractivity contribution in [2.24, 2.45) is 5.10 Å². The maximum Gasteiger partial charge on any atom is 0.343 e. The number of ether oxygens (including phenoxy) is 2. The molecule has 5 rings (SSSR count). The first kappa shape index (κ1) is 25.6. The molecule has 0 fully saturated rings. The number of nitrogens with zero attached hydrogens (tertiary/aromatic N) is 3. The smallest absolute Gasteiger partial charge is 0.343 e. The number of rotatable bonds is 7. The fourth-order valence-electron chi connectivity index (χ4n) is 4.05. The number of esters is 1. The molecule has 39 heavy (non-hydrogen) atoms. The topological polar surface area (TPSA) is 82.8 Å². The average Bonchev–Trinajstić information content (AvgIpc) is 2.94. The van der Waals surface area contributed by atoms with E-state index in [1.807, 2.05) is 69.3 Å². The highest BCUT2D eigenvalue weighted by Crippen LogP contribution is 2.29. The zero-order valence-corrected chi connectivity index (χ0v) is 21.9. The van der Waals surface area contributed by atoms with Gasteiger partial charge >= 0.3 is 5.97 Å². The summed E-state index contributed by atoms with van der Waals surface area (Å²) in [6, 6.07) is 27.2. The van der Waals surface area contributed by atoms with E-state index in [0.29, 0.717) is 46.0 Å². The van der Waals surface area contributed by atoms with Crippen molar-refractivity contribution in [1.82, 2.24) is 9.66 Å². The van der Waals surface area contributed by atoms with Gasteiger partial charge in [-0.15, -0.1) is 0 Å². The summed E-state index contributed by atoms with van der Waals surface area (Å²) in [6.45, 7) is 6.18. The third-order valence-electron chi connectivity index (χ3n) is 6.14. The average molecular weight is 518 g/mol. The minimum Gasteiger partial charge on any atom is -0.490 e. The molecule has 4 aromatic carbocycles. The Labute approximate surface area is 226 Å². The number of benzene rings is 4. The number of para-hydroxylation sites is 1. The van der Waals surface area contributed by atoms with Crippen LogP contribution in [-0.4, -0.2) is 28.5 Å². The number of carbonyl (C=O) groups is 1. The SMILES string of the molecule is CCOc1cc(C=Nn2c(-c3ccc(C)cc3)nc3ccccc3c2=O)ccc1OC(=O)c1ccc(C)cc1. The molecule has 0 amide bonds. The van der Waals surface area contributed by atoms with Crippen LogP contribution in [0.3, 0.4) is 0 Å². The lowest BCUT2D eigenvalue weighted by Gasteiger charge is -2.12. The lowest BCUT2D eigenvalue weighted by molar-refractivity contribution is 0.0728. The Hall–Kier alpha value is -5.04. The molecule has 5 aromatic rings. The number of hydrogen-bond donors (Lipinski definition) is 0. The molecule has 0 N–H and O–H groups in total. The van der Waals surface area contributed by atoms with Crippen LogP contribution in [0.15, 0.2) is 101 Å². The Bertz CT molecular complexity index is 1740. The zero-order valence-electron chi connectivity index (χ0n) is 21.9. The molecule has 0 aliphatic carbocycles.